The molecule has 0 fully saturated rings. The first-order valence-corrected chi connectivity index (χ1v) is 9.32. The van der Waals surface area contributed by atoms with Gasteiger partial charge >= 0.3 is 5.97 Å². The predicted molar refractivity (Wildman–Crippen MR) is 113 cm³/mol. The third-order valence-electron chi connectivity index (χ3n) is 4.28. The van der Waals surface area contributed by atoms with E-state index in [1.54, 1.807) is 6.08 Å². The predicted octanol–water partition coefficient (Wildman–Crippen LogP) is 3.79. The summed E-state index contributed by atoms with van der Waals surface area (Å²) in [5, 5.41) is 6.64. The fourth-order valence-corrected chi connectivity index (χ4v) is 3.20. The molecular formula is C22H22N2O3S. The lowest BCUT2D eigenvalue weighted by atomic mass is 9.95. The molecule has 0 aliphatic carbocycles. The standard InChI is InChI=1S/C22H22N2O3S/c1-3-13-26-18-11-9-17(10-12-18)20-19(15(2)23-22(28)24-20)21(25)27-14-16-7-5-4-6-8-16/h3-12,20H,1,13-14H2,2H3,(H2,23,24,28)/t20-/m0/s1. The molecule has 3 rings (SSSR count). The number of hydrogen-bond acceptors (Lipinski definition) is 4. The third kappa shape index (κ3) is 4.78. The van der Waals surface area contributed by atoms with Gasteiger partial charge in [-0.2, -0.15) is 0 Å². The molecule has 0 bridgehead atoms. The monoisotopic (exact) mass is 394 g/mol. The van der Waals surface area contributed by atoms with Gasteiger partial charge in [-0.3, -0.25) is 0 Å². The zero-order valence-corrected chi connectivity index (χ0v) is 16.4. The van der Waals surface area contributed by atoms with Crippen LogP contribution in [0, 0.1) is 0 Å². The number of esters is 1. The van der Waals surface area contributed by atoms with Gasteiger partial charge < -0.3 is 20.1 Å². The van der Waals surface area contributed by atoms with E-state index in [0.29, 0.717) is 23.0 Å². The first kappa shape index (κ1) is 19.6. The highest BCUT2D eigenvalue weighted by Crippen LogP contribution is 2.29. The molecule has 2 N–H and O–H groups in total. The minimum atomic E-state index is -0.398. The van der Waals surface area contributed by atoms with Gasteiger partial charge in [0.15, 0.2) is 5.11 Å². The van der Waals surface area contributed by atoms with E-state index in [0.717, 1.165) is 16.9 Å². The van der Waals surface area contributed by atoms with Gasteiger partial charge in [0.1, 0.15) is 19.0 Å². The van der Waals surface area contributed by atoms with E-state index in [2.05, 4.69) is 17.2 Å². The van der Waals surface area contributed by atoms with E-state index in [9.17, 15) is 4.79 Å². The van der Waals surface area contributed by atoms with Gasteiger partial charge in [-0.1, -0.05) is 55.1 Å². The molecule has 1 atom stereocenters. The topological polar surface area (TPSA) is 59.6 Å². The second-order valence-electron chi connectivity index (χ2n) is 6.30. The van der Waals surface area contributed by atoms with E-state index < -0.39 is 6.04 Å². The zero-order valence-electron chi connectivity index (χ0n) is 15.6. The Balaban J connectivity index is 1.79. The van der Waals surface area contributed by atoms with Gasteiger partial charge in [0.05, 0.1) is 11.6 Å². The smallest absolute Gasteiger partial charge is 0.338 e. The average molecular weight is 394 g/mol. The molecule has 0 unspecified atom stereocenters. The first-order valence-electron chi connectivity index (χ1n) is 8.91. The molecule has 28 heavy (non-hydrogen) atoms. The highest BCUT2D eigenvalue weighted by molar-refractivity contribution is 7.80. The Hall–Kier alpha value is -3.12. The summed E-state index contributed by atoms with van der Waals surface area (Å²) < 4.78 is 11.1. The molecule has 0 aromatic heterocycles. The van der Waals surface area contributed by atoms with Crippen molar-refractivity contribution < 1.29 is 14.3 Å². The van der Waals surface area contributed by atoms with Crippen molar-refractivity contribution in [3.05, 3.63) is 89.6 Å². The van der Waals surface area contributed by atoms with Crippen LogP contribution in [0.15, 0.2) is 78.5 Å². The Labute approximate surface area is 170 Å². The Morgan fingerprint density at radius 2 is 1.89 bits per heavy atom. The normalized spacial score (nSPS) is 16.0. The SMILES string of the molecule is C=CCOc1ccc([C@@H]2NC(=S)NC(C)=C2C(=O)OCc2ccccc2)cc1. The number of ether oxygens (including phenoxy) is 2. The molecule has 0 spiro atoms. The molecule has 2 aromatic rings. The second kappa shape index (κ2) is 9.19. The summed E-state index contributed by atoms with van der Waals surface area (Å²) in [6.45, 7) is 6.10. The van der Waals surface area contributed by atoms with Gasteiger partial charge in [0.25, 0.3) is 0 Å². The van der Waals surface area contributed by atoms with Gasteiger partial charge in [-0.15, -0.1) is 0 Å². The molecule has 0 amide bonds. The van der Waals surface area contributed by atoms with Crippen LogP contribution >= 0.6 is 12.2 Å². The number of nitrogens with one attached hydrogen (secondary N) is 2. The number of thiocarbonyl (C=S) groups is 1. The second-order valence-corrected chi connectivity index (χ2v) is 6.71. The Morgan fingerprint density at radius 3 is 2.57 bits per heavy atom. The summed E-state index contributed by atoms with van der Waals surface area (Å²) in [6.07, 6.45) is 1.69. The lowest BCUT2D eigenvalue weighted by Gasteiger charge is -2.30. The van der Waals surface area contributed by atoms with Crippen molar-refractivity contribution in [2.45, 2.75) is 19.6 Å². The van der Waals surface area contributed by atoms with Crippen LogP contribution in [-0.2, 0) is 16.1 Å². The number of rotatable bonds is 7. The molecule has 2 aromatic carbocycles. The van der Waals surface area contributed by atoms with Crippen LogP contribution < -0.4 is 15.4 Å². The molecule has 0 saturated heterocycles. The van der Waals surface area contributed by atoms with Crippen molar-refractivity contribution in [1.82, 2.24) is 10.6 Å². The lowest BCUT2D eigenvalue weighted by Crippen LogP contribution is -2.45. The number of hydrogen-bond donors (Lipinski definition) is 2. The molecule has 1 heterocycles. The fourth-order valence-electron chi connectivity index (χ4n) is 2.93. The van der Waals surface area contributed by atoms with Gasteiger partial charge in [0.2, 0.25) is 0 Å². The van der Waals surface area contributed by atoms with Crippen molar-refractivity contribution >= 4 is 23.3 Å². The summed E-state index contributed by atoms with van der Waals surface area (Å²) in [7, 11) is 0. The molecule has 5 nitrogen and oxygen atoms in total. The number of benzene rings is 2. The van der Waals surface area contributed by atoms with Crippen molar-refractivity contribution in [2.75, 3.05) is 6.61 Å². The first-order chi connectivity index (χ1) is 13.6. The number of carbonyl (C=O) groups is 1. The average Bonchev–Trinajstić information content (AvgIpc) is 2.71. The minimum absolute atomic E-state index is 0.210. The number of carbonyl (C=O) groups excluding carboxylic acids is 1. The van der Waals surface area contributed by atoms with Gasteiger partial charge in [-0.05, 0) is 42.4 Å². The highest BCUT2D eigenvalue weighted by Gasteiger charge is 2.31. The summed E-state index contributed by atoms with van der Waals surface area (Å²) in [4.78, 5) is 12.8. The summed E-state index contributed by atoms with van der Waals surface area (Å²) in [5.41, 5.74) is 3.01. The van der Waals surface area contributed by atoms with Crippen LogP contribution in [0.25, 0.3) is 0 Å². The van der Waals surface area contributed by atoms with Crippen LogP contribution in [-0.4, -0.2) is 17.7 Å². The van der Waals surface area contributed by atoms with Crippen molar-refractivity contribution in [3.63, 3.8) is 0 Å². The molecule has 1 aliphatic rings. The van der Waals surface area contributed by atoms with Crippen LogP contribution in [0.5, 0.6) is 5.75 Å². The summed E-state index contributed by atoms with van der Waals surface area (Å²) in [6, 6.07) is 16.7. The van der Waals surface area contributed by atoms with Gasteiger partial charge in [0, 0.05) is 5.70 Å². The molecule has 0 radical (unpaired) electrons. The fraction of sp³-hybridized carbons (Fsp3) is 0.182. The van der Waals surface area contributed by atoms with Crippen molar-refractivity contribution in [2.24, 2.45) is 0 Å². The molecule has 144 valence electrons. The molecule has 6 heteroatoms. The van der Waals surface area contributed by atoms with E-state index in [1.807, 2.05) is 61.5 Å². The maximum Gasteiger partial charge on any atom is 0.338 e. The molecule has 1 aliphatic heterocycles. The lowest BCUT2D eigenvalue weighted by molar-refractivity contribution is -0.140. The van der Waals surface area contributed by atoms with Crippen molar-refractivity contribution in [1.29, 1.82) is 0 Å². The molecular weight excluding hydrogens is 372 g/mol. The maximum absolute atomic E-state index is 12.8. The maximum atomic E-state index is 12.8. The van der Waals surface area contributed by atoms with E-state index in [1.165, 1.54) is 0 Å². The quantitative estimate of drug-likeness (QED) is 0.423. The van der Waals surface area contributed by atoms with E-state index in [-0.39, 0.29) is 12.6 Å². The zero-order chi connectivity index (χ0) is 19.9. The van der Waals surface area contributed by atoms with Crippen molar-refractivity contribution in [3.8, 4) is 5.75 Å². The van der Waals surface area contributed by atoms with Crippen LogP contribution in [0.2, 0.25) is 0 Å². The van der Waals surface area contributed by atoms with Crippen LogP contribution in [0.1, 0.15) is 24.1 Å². The van der Waals surface area contributed by atoms with E-state index in [4.69, 9.17) is 21.7 Å². The van der Waals surface area contributed by atoms with E-state index >= 15 is 0 Å². The summed E-state index contributed by atoms with van der Waals surface area (Å²) in [5.74, 6) is 0.343. The number of allylic oxidation sites excluding steroid dienone is 1. The molecule has 0 saturated carbocycles. The largest absolute Gasteiger partial charge is 0.490 e. The Morgan fingerprint density at radius 1 is 1.18 bits per heavy atom. The summed E-state index contributed by atoms with van der Waals surface area (Å²) >= 11 is 5.28. The van der Waals surface area contributed by atoms with Crippen LogP contribution in [0.3, 0.4) is 0 Å². The minimum Gasteiger partial charge on any atom is -0.490 e. The third-order valence-corrected chi connectivity index (χ3v) is 4.50. The Bertz CT molecular complexity index is 892. The Kier molecular flexibility index (Phi) is 6.45. The van der Waals surface area contributed by atoms with Crippen LogP contribution in [0.4, 0.5) is 0 Å². The van der Waals surface area contributed by atoms with Gasteiger partial charge in [-0.25, -0.2) is 4.79 Å². The highest BCUT2D eigenvalue weighted by atomic mass is 32.1.